The van der Waals surface area contributed by atoms with Gasteiger partial charge in [0.1, 0.15) is 11.6 Å². The van der Waals surface area contributed by atoms with E-state index >= 15 is 0 Å². The quantitative estimate of drug-likeness (QED) is 0.852. The van der Waals surface area contributed by atoms with Crippen LogP contribution in [0.5, 0.6) is 5.75 Å². The molecule has 0 radical (unpaired) electrons. The molecule has 0 amide bonds. The lowest BCUT2D eigenvalue weighted by Gasteiger charge is -2.17. The van der Waals surface area contributed by atoms with Crippen LogP contribution in [0, 0.1) is 5.82 Å². The SMILES string of the molecule is Oc1ccc(F)c2c1CN(Nc1ccncc1)C2. The molecule has 0 fully saturated rings. The van der Waals surface area contributed by atoms with Crippen molar-refractivity contribution in [3.8, 4) is 5.75 Å². The zero-order valence-corrected chi connectivity index (χ0v) is 9.60. The summed E-state index contributed by atoms with van der Waals surface area (Å²) in [6, 6.07) is 6.35. The fourth-order valence-electron chi connectivity index (χ4n) is 2.13. The average molecular weight is 245 g/mol. The van der Waals surface area contributed by atoms with Crippen molar-refractivity contribution in [2.45, 2.75) is 13.1 Å². The van der Waals surface area contributed by atoms with Crippen LogP contribution < -0.4 is 5.43 Å². The second-order valence-electron chi connectivity index (χ2n) is 4.23. The first kappa shape index (κ1) is 11.0. The van der Waals surface area contributed by atoms with Crippen LogP contribution in [0.2, 0.25) is 0 Å². The van der Waals surface area contributed by atoms with Gasteiger partial charge in [-0.15, -0.1) is 0 Å². The predicted molar refractivity (Wildman–Crippen MR) is 65.2 cm³/mol. The maximum Gasteiger partial charge on any atom is 0.128 e. The summed E-state index contributed by atoms with van der Waals surface area (Å²) in [5.41, 5.74) is 5.25. The molecule has 2 heterocycles. The van der Waals surface area contributed by atoms with E-state index < -0.39 is 0 Å². The number of rotatable bonds is 2. The number of benzene rings is 1. The van der Waals surface area contributed by atoms with Crippen molar-refractivity contribution in [3.63, 3.8) is 0 Å². The summed E-state index contributed by atoms with van der Waals surface area (Å²) >= 11 is 0. The molecular weight excluding hydrogens is 233 g/mol. The molecular formula is C13H12FN3O. The Morgan fingerprint density at radius 2 is 1.83 bits per heavy atom. The van der Waals surface area contributed by atoms with E-state index in [-0.39, 0.29) is 11.6 Å². The number of nitrogens with one attached hydrogen (secondary N) is 1. The number of anilines is 1. The largest absolute Gasteiger partial charge is 0.508 e. The molecule has 0 bridgehead atoms. The van der Waals surface area contributed by atoms with Gasteiger partial charge >= 0.3 is 0 Å². The number of aromatic hydroxyl groups is 1. The Morgan fingerprint density at radius 1 is 1.11 bits per heavy atom. The highest BCUT2D eigenvalue weighted by atomic mass is 19.1. The summed E-state index contributed by atoms with van der Waals surface area (Å²) in [5, 5.41) is 11.6. The first-order chi connectivity index (χ1) is 8.74. The van der Waals surface area contributed by atoms with E-state index in [4.69, 9.17) is 0 Å². The Morgan fingerprint density at radius 3 is 2.56 bits per heavy atom. The fourth-order valence-corrected chi connectivity index (χ4v) is 2.13. The first-order valence-electron chi connectivity index (χ1n) is 5.65. The van der Waals surface area contributed by atoms with Gasteiger partial charge in [0, 0.05) is 36.6 Å². The van der Waals surface area contributed by atoms with Gasteiger partial charge in [0.2, 0.25) is 0 Å². The van der Waals surface area contributed by atoms with Crippen molar-refractivity contribution >= 4 is 5.69 Å². The fraction of sp³-hybridized carbons (Fsp3) is 0.154. The van der Waals surface area contributed by atoms with Gasteiger partial charge in [0.25, 0.3) is 0 Å². The molecule has 4 nitrogen and oxygen atoms in total. The zero-order valence-electron chi connectivity index (χ0n) is 9.60. The van der Waals surface area contributed by atoms with E-state index in [0.717, 1.165) is 5.69 Å². The van der Waals surface area contributed by atoms with Crippen LogP contribution in [-0.2, 0) is 13.1 Å². The lowest BCUT2D eigenvalue weighted by atomic mass is 10.1. The van der Waals surface area contributed by atoms with Crippen molar-refractivity contribution in [1.82, 2.24) is 9.99 Å². The molecule has 0 saturated carbocycles. The maximum absolute atomic E-state index is 13.6. The molecule has 3 rings (SSSR count). The predicted octanol–water partition coefficient (Wildman–Crippen LogP) is 2.27. The van der Waals surface area contributed by atoms with E-state index in [1.54, 1.807) is 12.4 Å². The van der Waals surface area contributed by atoms with Gasteiger partial charge in [-0.1, -0.05) is 0 Å². The molecule has 1 aliphatic heterocycles. The van der Waals surface area contributed by atoms with E-state index in [2.05, 4.69) is 10.4 Å². The maximum atomic E-state index is 13.6. The number of halogens is 1. The van der Waals surface area contributed by atoms with Gasteiger partial charge in [-0.3, -0.25) is 4.98 Å². The van der Waals surface area contributed by atoms with Gasteiger partial charge < -0.3 is 10.5 Å². The Balaban J connectivity index is 1.81. The summed E-state index contributed by atoms with van der Waals surface area (Å²) in [4.78, 5) is 3.93. The third kappa shape index (κ3) is 1.89. The topological polar surface area (TPSA) is 48.4 Å². The minimum absolute atomic E-state index is 0.144. The van der Waals surface area contributed by atoms with E-state index in [1.807, 2.05) is 17.1 Å². The highest BCUT2D eigenvalue weighted by Gasteiger charge is 2.24. The van der Waals surface area contributed by atoms with Crippen LogP contribution in [0.25, 0.3) is 0 Å². The Hall–Kier alpha value is -2.14. The molecule has 0 atom stereocenters. The zero-order chi connectivity index (χ0) is 12.5. The number of aromatic nitrogens is 1. The average Bonchev–Trinajstić information content (AvgIpc) is 2.80. The van der Waals surface area contributed by atoms with Gasteiger partial charge in [-0.05, 0) is 24.3 Å². The minimum atomic E-state index is -0.276. The standard InChI is InChI=1S/C13H12FN3O/c14-12-1-2-13(18)11-8-17(7-10(11)12)16-9-3-5-15-6-4-9/h1-6,18H,7-8H2,(H,15,16). The number of hydrazine groups is 1. The molecule has 0 saturated heterocycles. The van der Waals surface area contributed by atoms with Gasteiger partial charge in [-0.25, -0.2) is 9.40 Å². The lowest BCUT2D eigenvalue weighted by Crippen LogP contribution is -2.23. The smallest absolute Gasteiger partial charge is 0.128 e. The van der Waals surface area contributed by atoms with Crippen LogP contribution >= 0.6 is 0 Å². The lowest BCUT2D eigenvalue weighted by molar-refractivity contribution is 0.340. The molecule has 0 unspecified atom stereocenters. The minimum Gasteiger partial charge on any atom is -0.508 e. The molecule has 1 aromatic carbocycles. The first-order valence-corrected chi connectivity index (χ1v) is 5.65. The number of pyridine rings is 1. The highest BCUT2D eigenvalue weighted by molar-refractivity contribution is 5.45. The number of hydrogen-bond acceptors (Lipinski definition) is 4. The number of hydrogen-bond donors (Lipinski definition) is 2. The van der Waals surface area contributed by atoms with Gasteiger partial charge in [0.05, 0.1) is 5.69 Å². The van der Waals surface area contributed by atoms with Crippen molar-refractivity contribution in [3.05, 3.63) is 53.6 Å². The number of nitrogens with zero attached hydrogens (tertiary/aromatic N) is 2. The monoisotopic (exact) mass is 245 g/mol. The summed E-state index contributed by atoms with van der Waals surface area (Å²) in [5.74, 6) is -0.132. The highest BCUT2D eigenvalue weighted by Crippen LogP contribution is 2.32. The second kappa shape index (κ2) is 4.27. The molecule has 1 aromatic heterocycles. The van der Waals surface area contributed by atoms with Crippen molar-refractivity contribution in [2.75, 3.05) is 5.43 Å². The third-order valence-electron chi connectivity index (χ3n) is 3.01. The third-order valence-corrected chi connectivity index (χ3v) is 3.01. The van der Waals surface area contributed by atoms with Crippen LogP contribution in [0.4, 0.5) is 10.1 Å². The van der Waals surface area contributed by atoms with Gasteiger partial charge in [0.15, 0.2) is 0 Å². The molecule has 92 valence electrons. The van der Waals surface area contributed by atoms with Crippen LogP contribution in [0.1, 0.15) is 11.1 Å². The van der Waals surface area contributed by atoms with Crippen molar-refractivity contribution < 1.29 is 9.50 Å². The number of fused-ring (bicyclic) bond motifs is 1. The van der Waals surface area contributed by atoms with Crippen molar-refractivity contribution in [1.29, 1.82) is 0 Å². The summed E-state index contributed by atoms with van der Waals surface area (Å²) < 4.78 is 13.6. The molecule has 2 N–H and O–H groups in total. The molecule has 1 aliphatic rings. The van der Waals surface area contributed by atoms with E-state index in [9.17, 15) is 9.50 Å². The molecule has 18 heavy (non-hydrogen) atoms. The molecule has 2 aromatic rings. The van der Waals surface area contributed by atoms with Crippen molar-refractivity contribution in [2.24, 2.45) is 0 Å². The normalized spacial score (nSPS) is 14.5. The Bertz CT molecular complexity index is 543. The van der Waals surface area contributed by atoms with E-state index in [0.29, 0.717) is 24.2 Å². The number of phenols is 1. The number of phenolic OH excluding ortho intramolecular Hbond substituents is 1. The Kier molecular flexibility index (Phi) is 2.60. The summed E-state index contributed by atoms with van der Waals surface area (Å²) in [6.07, 6.45) is 3.37. The van der Waals surface area contributed by atoms with Crippen LogP contribution in [0.3, 0.4) is 0 Å². The van der Waals surface area contributed by atoms with Crippen LogP contribution in [-0.4, -0.2) is 15.1 Å². The molecule has 5 heteroatoms. The molecule has 0 spiro atoms. The summed E-state index contributed by atoms with van der Waals surface area (Å²) in [7, 11) is 0. The van der Waals surface area contributed by atoms with Crippen LogP contribution in [0.15, 0.2) is 36.7 Å². The Labute approximate surface area is 104 Å². The summed E-state index contributed by atoms with van der Waals surface area (Å²) in [6.45, 7) is 0.902. The van der Waals surface area contributed by atoms with Gasteiger partial charge in [-0.2, -0.15) is 0 Å². The molecule has 0 aliphatic carbocycles. The van der Waals surface area contributed by atoms with E-state index in [1.165, 1.54) is 12.1 Å². The second-order valence-corrected chi connectivity index (χ2v) is 4.23.